The van der Waals surface area contributed by atoms with Crippen molar-refractivity contribution in [1.29, 1.82) is 0 Å². The molecule has 4 rings (SSSR count). The minimum absolute atomic E-state index is 0.350. The molecule has 3 N–H and O–H groups in total. The Hall–Kier alpha value is -3.35. The summed E-state index contributed by atoms with van der Waals surface area (Å²) in [5.41, 5.74) is 9.37. The van der Waals surface area contributed by atoms with Crippen molar-refractivity contribution in [2.24, 2.45) is 0 Å². The summed E-state index contributed by atoms with van der Waals surface area (Å²) in [5, 5.41) is 0. The maximum absolute atomic E-state index is 12.9. The van der Waals surface area contributed by atoms with Crippen LogP contribution >= 0.6 is 0 Å². The van der Waals surface area contributed by atoms with E-state index in [0.717, 1.165) is 34.5 Å². The highest BCUT2D eigenvalue weighted by molar-refractivity contribution is 5.80. The highest BCUT2D eigenvalue weighted by Gasteiger charge is 2.30. The van der Waals surface area contributed by atoms with Crippen LogP contribution in [0.3, 0.4) is 0 Å². The maximum Gasteiger partial charge on any atom is 0.416 e. The summed E-state index contributed by atoms with van der Waals surface area (Å²) < 4.78 is 38.6. The summed E-state index contributed by atoms with van der Waals surface area (Å²) >= 11 is 0. The molecular weight excluding hydrogens is 353 g/mol. The molecule has 0 aliphatic rings. The van der Waals surface area contributed by atoms with Gasteiger partial charge in [0.25, 0.3) is 0 Å². The van der Waals surface area contributed by atoms with Gasteiger partial charge in [0, 0.05) is 16.8 Å². The molecule has 4 nitrogen and oxygen atoms in total. The normalized spacial score (nSPS) is 11.9. The Bertz CT molecular complexity index is 1130. The Labute approximate surface area is 152 Å². The van der Waals surface area contributed by atoms with Gasteiger partial charge in [-0.1, -0.05) is 24.3 Å². The number of nitrogens with two attached hydrogens (primary N) is 1. The van der Waals surface area contributed by atoms with Crippen LogP contribution in [0.4, 0.5) is 19.0 Å². The summed E-state index contributed by atoms with van der Waals surface area (Å²) in [6.45, 7) is 1.89. The third-order valence-electron chi connectivity index (χ3n) is 4.39. The molecule has 0 atom stereocenters. The molecule has 0 fully saturated rings. The van der Waals surface area contributed by atoms with Crippen molar-refractivity contribution in [3.8, 4) is 22.5 Å². The molecule has 0 aliphatic heterocycles. The first-order valence-corrected chi connectivity index (χ1v) is 8.22. The summed E-state index contributed by atoms with van der Waals surface area (Å²) in [6.07, 6.45) is -4.38. The zero-order valence-corrected chi connectivity index (χ0v) is 14.3. The average molecular weight is 368 g/mol. The number of hydrogen-bond acceptors (Lipinski definition) is 3. The Morgan fingerprint density at radius 2 is 1.59 bits per heavy atom. The van der Waals surface area contributed by atoms with Crippen LogP contribution in [0.15, 0.2) is 54.6 Å². The molecule has 7 heteroatoms. The van der Waals surface area contributed by atoms with Crippen molar-refractivity contribution in [1.82, 2.24) is 15.0 Å². The molecule has 136 valence electrons. The smallest absolute Gasteiger partial charge is 0.384 e. The molecule has 2 heterocycles. The molecule has 0 saturated heterocycles. The number of benzene rings is 2. The summed E-state index contributed by atoms with van der Waals surface area (Å²) in [5.74, 6) is 0.983. The number of aromatic amines is 1. The molecule has 0 bridgehead atoms. The summed E-state index contributed by atoms with van der Waals surface area (Å²) in [6, 6.07) is 14.7. The van der Waals surface area contributed by atoms with E-state index < -0.39 is 11.7 Å². The van der Waals surface area contributed by atoms with Crippen LogP contribution in [-0.4, -0.2) is 15.0 Å². The van der Waals surface area contributed by atoms with E-state index in [1.54, 1.807) is 6.07 Å². The van der Waals surface area contributed by atoms with Crippen LogP contribution in [0.25, 0.3) is 33.5 Å². The van der Waals surface area contributed by atoms with E-state index in [-0.39, 0.29) is 0 Å². The van der Waals surface area contributed by atoms with Gasteiger partial charge < -0.3 is 10.7 Å². The van der Waals surface area contributed by atoms with E-state index in [1.165, 1.54) is 6.07 Å². The number of H-pyrrole nitrogens is 1. The predicted octanol–water partition coefficient (Wildman–Crippen LogP) is 5.20. The summed E-state index contributed by atoms with van der Waals surface area (Å²) in [7, 11) is 0. The average Bonchev–Trinajstić information content (AvgIpc) is 3.04. The van der Waals surface area contributed by atoms with Crippen molar-refractivity contribution in [3.63, 3.8) is 0 Å². The number of imidazole rings is 1. The molecule has 0 spiro atoms. The second-order valence-electron chi connectivity index (χ2n) is 6.26. The molecular formula is C20H15F3N4. The number of aromatic nitrogens is 3. The molecule has 0 unspecified atom stereocenters. The monoisotopic (exact) mass is 368 g/mol. The third-order valence-corrected chi connectivity index (χ3v) is 4.39. The topological polar surface area (TPSA) is 67.6 Å². The number of nitrogens with zero attached hydrogens (tertiary/aromatic N) is 2. The zero-order valence-electron chi connectivity index (χ0n) is 14.3. The van der Waals surface area contributed by atoms with Gasteiger partial charge in [-0.15, -0.1) is 0 Å². The second-order valence-corrected chi connectivity index (χ2v) is 6.26. The number of fused-ring (bicyclic) bond motifs is 1. The Morgan fingerprint density at radius 1 is 0.889 bits per heavy atom. The third kappa shape index (κ3) is 3.23. The lowest BCUT2D eigenvalue weighted by molar-refractivity contribution is -0.137. The van der Waals surface area contributed by atoms with Gasteiger partial charge in [-0.05, 0) is 42.8 Å². The number of hydrogen-bond donors (Lipinski definition) is 2. The van der Waals surface area contributed by atoms with E-state index in [2.05, 4.69) is 15.0 Å². The lowest BCUT2D eigenvalue weighted by Gasteiger charge is -2.07. The van der Waals surface area contributed by atoms with Gasteiger partial charge in [0.15, 0.2) is 0 Å². The lowest BCUT2D eigenvalue weighted by Crippen LogP contribution is -2.04. The van der Waals surface area contributed by atoms with Crippen molar-refractivity contribution < 1.29 is 13.2 Å². The largest absolute Gasteiger partial charge is 0.416 e. The number of rotatable bonds is 2. The minimum Gasteiger partial charge on any atom is -0.384 e. The van der Waals surface area contributed by atoms with Crippen LogP contribution < -0.4 is 5.73 Å². The fourth-order valence-electron chi connectivity index (χ4n) is 3.02. The Kier molecular flexibility index (Phi) is 3.87. The molecule has 0 amide bonds. The van der Waals surface area contributed by atoms with E-state index in [1.807, 2.05) is 37.3 Å². The van der Waals surface area contributed by atoms with Crippen molar-refractivity contribution in [3.05, 3.63) is 65.9 Å². The van der Waals surface area contributed by atoms with Crippen LogP contribution in [-0.2, 0) is 6.18 Å². The fourth-order valence-corrected chi connectivity index (χ4v) is 3.02. The number of anilines is 1. The number of halogens is 3. The molecule has 0 radical (unpaired) electrons. The van der Waals surface area contributed by atoms with Crippen molar-refractivity contribution in [2.75, 3.05) is 5.73 Å². The fraction of sp³-hybridized carbons (Fsp3) is 0.100. The predicted molar refractivity (Wildman–Crippen MR) is 98.9 cm³/mol. The standard InChI is InChI=1S/C20H15F3N4/c1-11-15(7-9-18(24)25-11)12-2-4-13(5-3-12)19-26-16-8-6-14(20(21,22)23)10-17(16)27-19/h2-10H,1H3,(H2,24,25)(H,26,27). The van der Waals surface area contributed by atoms with Crippen LogP contribution in [0.5, 0.6) is 0 Å². The Balaban J connectivity index is 1.69. The molecule has 4 aromatic rings. The van der Waals surface area contributed by atoms with Gasteiger partial charge in [0.05, 0.1) is 16.6 Å². The van der Waals surface area contributed by atoms with Crippen LogP contribution in [0.1, 0.15) is 11.3 Å². The number of alkyl halides is 3. The van der Waals surface area contributed by atoms with Crippen molar-refractivity contribution >= 4 is 16.9 Å². The van der Waals surface area contributed by atoms with E-state index >= 15 is 0 Å². The number of nitrogen functional groups attached to an aromatic ring is 1. The molecule has 2 aromatic heterocycles. The number of aryl methyl sites for hydroxylation is 1. The van der Waals surface area contributed by atoms with Gasteiger partial charge in [0.2, 0.25) is 0 Å². The van der Waals surface area contributed by atoms with Gasteiger partial charge in [-0.3, -0.25) is 0 Å². The van der Waals surface area contributed by atoms with Gasteiger partial charge >= 0.3 is 6.18 Å². The van der Waals surface area contributed by atoms with Crippen LogP contribution in [0, 0.1) is 6.92 Å². The van der Waals surface area contributed by atoms with Gasteiger partial charge in [-0.2, -0.15) is 13.2 Å². The molecule has 0 saturated carbocycles. The Morgan fingerprint density at radius 3 is 2.26 bits per heavy atom. The molecule has 0 aliphatic carbocycles. The number of pyridine rings is 1. The van der Waals surface area contributed by atoms with Gasteiger partial charge in [-0.25, -0.2) is 9.97 Å². The summed E-state index contributed by atoms with van der Waals surface area (Å²) in [4.78, 5) is 11.6. The SMILES string of the molecule is Cc1nc(N)ccc1-c1ccc(-c2nc3ccc(C(F)(F)F)cc3[nH]2)cc1. The molecule has 27 heavy (non-hydrogen) atoms. The number of nitrogens with one attached hydrogen (secondary N) is 1. The first-order chi connectivity index (χ1) is 12.8. The first kappa shape index (κ1) is 17.1. The first-order valence-electron chi connectivity index (χ1n) is 8.22. The second kappa shape index (κ2) is 6.12. The quantitative estimate of drug-likeness (QED) is 0.511. The van der Waals surface area contributed by atoms with Gasteiger partial charge in [0.1, 0.15) is 11.6 Å². The van der Waals surface area contributed by atoms with Crippen molar-refractivity contribution in [2.45, 2.75) is 13.1 Å². The minimum atomic E-state index is -4.38. The van der Waals surface area contributed by atoms with E-state index in [9.17, 15) is 13.2 Å². The highest BCUT2D eigenvalue weighted by Crippen LogP contribution is 2.32. The van der Waals surface area contributed by atoms with E-state index in [0.29, 0.717) is 22.7 Å². The lowest BCUT2D eigenvalue weighted by atomic mass is 10.0. The highest BCUT2D eigenvalue weighted by atomic mass is 19.4. The maximum atomic E-state index is 12.9. The van der Waals surface area contributed by atoms with Crippen LogP contribution in [0.2, 0.25) is 0 Å². The molecule has 2 aromatic carbocycles. The van der Waals surface area contributed by atoms with E-state index in [4.69, 9.17) is 5.73 Å². The zero-order chi connectivity index (χ0) is 19.2.